The molecule has 0 aromatic heterocycles. The highest BCUT2D eigenvalue weighted by Crippen LogP contribution is 2.33. The predicted octanol–water partition coefficient (Wildman–Crippen LogP) is 1.34. The summed E-state index contributed by atoms with van der Waals surface area (Å²) in [4.78, 5) is 11.4. The Morgan fingerprint density at radius 3 is 2.94 bits per heavy atom. The molecule has 1 unspecified atom stereocenters. The van der Waals surface area contributed by atoms with Crippen LogP contribution in [-0.4, -0.2) is 19.7 Å². The van der Waals surface area contributed by atoms with Gasteiger partial charge in [0.05, 0.1) is 0 Å². The fourth-order valence-electron chi connectivity index (χ4n) is 1.76. The van der Waals surface area contributed by atoms with Gasteiger partial charge >= 0.3 is 0 Å². The first-order valence-electron chi connectivity index (χ1n) is 5.31. The summed E-state index contributed by atoms with van der Waals surface area (Å²) < 4.78 is 10.5. The molecule has 0 saturated carbocycles. The summed E-state index contributed by atoms with van der Waals surface area (Å²) in [6.45, 7) is 2.19. The molecule has 16 heavy (non-hydrogen) atoms. The monoisotopic (exact) mass is 221 g/mol. The van der Waals surface area contributed by atoms with E-state index in [4.69, 9.17) is 9.47 Å². The average Bonchev–Trinajstić information content (AvgIpc) is 2.75. The van der Waals surface area contributed by atoms with Crippen molar-refractivity contribution in [3.05, 3.63) is 23.8 Å². The summed E-state index contributed by atoms with van der Waals surface area (Å²) in [6.07, 6.45) is 0.705. The number of rotatable bonds is 3. The summed E-state index contributed by atoms with van der Waals surface area (Å²) >= 11 is 0. The van der Waals surface area contributed by atoms with Gasteiger partial charge in [-0.15, -0.1) is 0 Å². The van der Waals surface area contributed by atoms with E-state index in [0.717, 1.165) is 17.1 Å². The Kier molecular flexibility index (Phi) is 2.99. The van der Waals surface area contributed by atoms with Crippen LogP contribution in [0.4, 0.5) is 0 Å². The van der Waals surface area contributed by atoms with E-state index in [9.17, 15) is 4.79 Å². The van der Waals surface area contributed by atoms with Crippen LogP contribution in [0.15, 0.2) is 18.2 Å². The second-order valence-electron chi connectivity index (χ2n) is 3.91. The summed E-state index contributed by atoms with van der Waals surface area (Å²) in [5.74, 6) is 1.56. The molecule has 2 rings (SSSR count). The van der Waals surface area contributed by atoms with Gasteiger partial charge in [-0.2, -0.15) is 0 Å². The third-order valence-electron chi connectivity index (χ3n) is 2.67. The van der Waals surface area contributed by atoms with Gasteiger partial charge in [0.1, 0.15) is 0 Å². The predicted molar refractivity (Wildman–Crippen MR) is 59.5 cm³/mol. The molecule has 1 aliphatic heterocycles. The van der Waals surface area contributed by atoms with E-state index >= 15 is 0 Å². The van der Waals surface area contributed by atoms with Crippen LogP contribution in [0, 0.1) is 5.92 Å². The van der Waals surface area contributed by atoms with Crippen molar-refractivity contribution in [1.29, 1.82) is 0 Å². The third-order valence-corrected chi connectivity index (χ3v) is 2.67. The number of nitrogens with one attached hydrogen (secondary N) is 1. The Morgan fingerprint density at radius 1 is 1.44 bits per heavy atom. The molecule has 0 aliphatic carbocycles. The zero-order valence-corrected chi connectivity index (χ0v) is 9.45. The summed E-state index contributed by atoms with van der Waals surface area (Å²) in [5.41, 5.74) is 1.08. The van der Waals surface area contributed by atoms with E-state index in [2.05, 4.69) is 5.32 Å². The molecule has 0 fully saturated rings. The lowest BCUT2D eigenvalue weighted by atomic mass is 10.00. The number of carbonyl (C=O) groups excluding carboxylic acids is 1. The molecular formula is C12H15NO3. The molecule has 1 aliphatic rings. The van der Waals surface area contributed by atoms with Crippen molar-refractivity contribution < 1.29 is 14.3 Å². The Bertz CT molecular complexity index is 403. The van der Waals surface area contributed by atoms with Crippen LogP contribution >= 0.6 is 0 Å². The number of ether oxygens (including phenoxy) is 2. The lowest BCUT2D eigenvalue weighted by molar-refractivity contribution is -0.123. The van der Waals surface area contributed by atoms with Gasteiger partial charge in [-0.3, -0.25) is 4.79 Å². The SMILES string of the molecule is CNC(=O)C(C)Cc1ccc2c(c1)OCO2. The second-order valence-corrected chi connectivity index (χ2v) is 3.91. The van der Waals surface area contributed by atoms with Crippen molar-refractivity contribution in [3.63, 3.8) is 0 Å². The van der Waals surface area contributed by atoms with Crippen LogP contribution < -0.4 is 14.8 Å². The van der Waals surface area contributed by atoms with Crippen LogP contribution in [0.1, 0.15) is 12.5 Å². The van der Waals surface area contributed by atoms with Crippen LogP contribution in [0.3, 0.4) is 0 Å². The van der Waals surface area contributed by atoms with Gasteiger partial charge in [-0.1, -0.05) is 13.0 Å². The van der Waals surface area contributed by atoms with Crippen molar-refractivity contribution in [2.45, 2.75) is 13.3 Å². The summed E-state index contributed by atoms with van der Waals surface area (Å²) in [6, 6.07) is 5.78. The molecule has 4 nitrogen and oxygen atoms in total. The molecule has 4 heteroatoms. The summed E-state index contributed by atoms with van der Waals surface area (Å²) in [5, 5.41) is 2.64. The molecule has 1 heterocycles. The van der Waals surface area contributed by atoms with Crippen molar-refractivity contribution in [2.24, 2.45) is 5.92 Å². The zero-order chi connectivity index (χ0) is 11.5. The van der Waals surface area contributed by atoms with E-state index in [1.54, 1.807) is 7.05 Å². The minimum absolute atomic E-state index is 0.0367. The zero-order valence-electron chi connectivity index (χ0n) is 9.45. The third kappa shape index (κ3) is 2.10. The van der Waals surface area contributed by atoms with Crippen LogP contribution in [0.2, 0.25) is 0 Å². The number of benzene rings is 1. The van der Waals surface area contributed by atoms with Gasteiger partial charge in [-0.25, -0.2) is 0 Å². The maximum atomic E-state index is 11.4. The Balaban J connectivity index is 2.08. The number of amides is 1. The molecule has 0 spiro atoms. The van der Waals surface area contributed by atoms with Crippen LogP contribution in [0.5, 0.6) is 11.5 Å². The van der Waals surface area contributed by atoms with Crippen molar-refractivity contribution >= 4 is 5.91 Å². The van der Waals surface area contributed by atoms with Gasteiger partial charge in [0.15, 0.2) is 11.5 Å². The van der Waals surface area contributed by atoms with E-state index in [1.165, 1.54) is 0 Å². The molecule has 0 bridgehead atoms. The van der Waals surface area contributed by atoms with E-state index < -0.39 is 0 Å². The molecule has 1 aromatic rings. The molecular weight excluding hydrogens is 206 g/mol. The first-order chi connectivity index (χ1) is 7.70. The van der Waals surface area contributed by atoms with E-state index in [0.29, 0.717) is 6.42 Å². The smallest absolute Gasteiger partial charge is 0.231 e. The van der Waals surface area contributed by atoms with Crippen LogP contribution in [0.25, 0.3) is 0 Å². The van der Waals surface area contributed by atoms with Crippen LogP contribution in [-0.2, 0) is 11.2 Å². The Labute approximate surface area is 94.6 Å². The fraction of sp³-hybridized carbons (Fsp3) is 0.417. The van der Waals surface area contributed by atoms with Gasteiger partial charge in [0.2, 0.25) is 12.7 Å². The highest BCUT2D eigenvalue weighted by Gasteiger charge is 2.16. The largest absolute Gasteiger partial charge is 0.454 e. The van der Waals surface area contributed by atoms with Gasteiger partial charge in [0.25, 0.3) is 0 Å². The number of fused-ring (bicyclic) bond motifs is 1. The molecule has 1 N–H and O–H groups in total. The standard InChI is InChI=1S/C12H15NO3/c1-8(12(14)13-2)5-9-3-4-10-11(6-9)16-7-15-10/h3-4,6,8H,5,7H2,1-2H3,(H,13,14). The average molecular weight is 221 g/mol. The Morgan fingerprint density at radius 2 is 2.19 bits per heavy atom. The van der Waals surface area contributed by atoms with E-state index in [1.807, 2.05) is 25.1 Å². The Hall–Kier alpha value is -1.71. The molecule has 0 saturated heterocycles. The minimum atomic E-state index is -0.0367. The van der Waals surface area contributed by atoms with E-state index in [-0.39, 0.29) is 18.6 Å². The maximum Gasteiger partial charge on any atom is 0.231 e. The molecule has 1 amide bonds. The van der Waals surface area contributed by atoms with Crippen molar-refractivity contribution in [3.8, 4) is 11.5 Å². The number of hydrogen-bond donors (Lipinski definition) is 1. The molecule has 86 valence electrons. The van der Waals surface area contributed by atoms with Crippen molar-refractivity contribution in [2.75, 3.05) is 13.8 Å². The molecule has 0 radical (unpaired) electrons. The molecule has 1 aromatic carbocycles. The maximum absolute atomic E-state index is 11.4. The highest BCUT2D eigenvalue weighted by atomic mass is 16.7. The first-order valence-corrected chi connectivity index (χ1v) is 5.31. The van der Waals surface area contributed by atoms with Gasteiger partial charge in [-0.05, 0) is 24.1 Å². The first kappa shape index (κ1) is 10.8. The minimum Gasteiger partial charge on any atom is -0.454 e. The summed E-state index contributed by atoms with van der Waals surface area (Å²) in [7, 11) is 1.65. The molecule has 1 atom stereocenters. The highest BCUT2D eigenvalue weighted by molar-refractivity contribution is 5.78. The number of hydrogen-bond acceptors (Lipinski definition) is 3. The fourth-order valence-corrected chi connectivity index (χ4v) is 1.76. The van der Waals surface area contributed by atoms with Gasteiger partial charge < -0.3 is 14.8 Å². The van der Waals surface area contributed by atoms with Crippen molar-refractivity contribution in [1.82, 2.24) is 5.32 Å². The normalized spacial score (nSPS) is 14.6. The van der Waals surface area contributed by atoms with Gasteiger partial charge in [0, 0.05) is 13.0 Å². The second kappa shape index (κ2) is 4.43. The quantitative estimate of drug-likeness (QED) is 0.837. The number of carbonyl (C=O) groups is 1. The topological polar surface area (TPSA) is 47.6 Å². The lowest BCUT2D eigenvalue weighted by Crippen LogP contribution is -2.26. The lowest BCUT2D eigenvalue weighted by Gasteiger charge is -2.10.